The van der Waals surface area contributed by atoms with Crippen LogP contribution >= 0.6 is 11.8 Å². The first-order valence-corrected chi connectivity index (χ1v) is 9.74. The summed E-state index contributed by atoms with van der Waals surface area (Å²) in [6.07, 6.45) is 2.88. The molecule has 1 heterocycles. The zero-order chi connectivity index (χ0) is 19.9. The van der Waals surface area contributed by atoms with Gasteiger partial charge in [0.05, 0.1) is 5.75 Å². The lowest BCUT2D eigenvalue weighted by Gasteiger charge is -2.12. The molecule has 0 aliphatic rings. The molecule has 1 atom stereocenters. The molecule has 3 aromatic rings. The first kappa shape index (κ1) is 19.6. The summed E-state index contributed by atoms with van der Waals surface area (Å²) < 4.78 is 1.48. The Hall–Kier alpha value is -3.13. The Morgan fingerprint density at radius 1 is 1.04 bits per heavy atom. The van der Waals surface area contributed by atoms with Crippen molar-refractivity contribution in [3.8, 4) is 0 Å². The summed E-state index contributed by atoms with van der Waals surface area (Å²) in [6.45, 7) is 3.77. The second-order valence-corrected chi connectivity index (χ2v) is 7.32. The minimum atomic E-state index is -0.472. The lowest BCUT2D eigenvalue weighted by atomic mass is 10.2. The number of hydrogen-bond acceptors (Lipinski definition) is 5. The number of amides is 2. The van der Waals surface area contributed by atoms with Crippen LogP contribution in [0.15, 0.2) is 66.1 Å². The summed E-state index contributed by atoms with van der Waals surface area (Å²) in [4.78, 5) is 29.3. The molecule has 0 aliphatic carbocycles. The number of nitrogens with zero attached hydrogens (tertiary/aromatic N) is 3. The summed E-state index contributed by atoms with van der Waals surface area (Å²) in [5.74, 6) is 0.0516. The quantitative estimate of drug-likeness (QED) is 0.598. The van der Waals surface area contributed by atoms with Crippen molar-refractivity contribution in [2.24, 2.45) is 0 Å². The summed E-state index contributed by atoms with van der Waals surface area (Å²) >= 11 is 1.49. The number of anilines is 2. The maximum atomic E-state index is 12.2. The van der Waals surface area contributed by atoms with Crippen LogP contribution in [0.1, 0.15) is 18.5 Å². The smallest absolute Gasteiger partial charge is 0.249 e. The molecule has 144 valence electrons. The predicted molar refractivity (Wildman–Crippen MR) is 110 cm³/mol. The van der Waals surface area contributed by atoms with Crippen LogP contribution in [0, 0.1) is 6.92 Å². The number of rotatable bonds is 7. The highest BCUT2D eigenvalue weighted by Crippen LogP contribution is 2.19. The lowest BCUT2D eigenvalue weighted by Crippen LogP contribution is -2.24. The molecule has 7 nitrogen and oxygen atoms in total. The first-order chi connectivity index (χ1) is 13.5. The number of thioether (sulfide) groups is 1. The van der Waals surface area contributed by atoms with E-state index in [-0.39, 0.29) is 11.8 Å². The third-order valence-corrected chi connectivity index (χ3v) is 5.05. The van der Waals surface area contributed by atoms with Crippen LogP contribution in [0.25, 0.3) is 0 Å². The van der Waals surface area contributed by atoms with Crippen LogP contribution in [-0.2, 0) is 9.59 Å². The molecular formula is C20H21N5O2S. The van der Waals surface area contributed by atoms with Gasteiger partial charge >= 0.3 is 0 Å². The molecule has 0 spiro atoms. The molecule has 0 saturated heterocycles. The number of aryl methyl sites for hydroxylation is 1. The standard InChI is InChI=1S/C20H21N5O2S/c1-14-3-9-18(10-4-14)28-11-19(26)23-16-5-7-17(8-6-16)24-20(27)15(2)25-13-21-12-22-25/h3-10,12-13,15H,11H2,1-2H3,(H,23,26)(H,24,27)/t15-/m0/s1. The van der Waals surface area contributed by atoms with Crippen molar-refractivity contribution in [2.45, 2.75) is 24.8 Å². The Labute approximate surface area is 167 Å². The second-order valence-electron chi connectivity index (χ2n) is 6.27. The molecule has 0 aliphatic heterocycles. The summed E-state index contributed by atoms with van der Waals surface area (Å²) in [5, 5.41) is 9.64. The molecule has 3 rings (SSSR count). The van der Waals surface area contributed by atoms with E-state index >= 15 is 0 Å². The number of carbonyl (C=O) groups is 2. The van der Waals surface area contributed by atoms with Gasteiger partial charge in [-0.15, -0.1) is 11.8 Å². The fraction of sp³-hybridized carbons (Fsp3) is 0.200. The molecule has 0 radical (unpaired) electrons. The molecule has 0 bridgehead atoms. The molecule has 2 amide bonds. The SMILES string of the molecule is Cc1ccc(SCC(=O)Nc2ccc(NC(=O)[C@H](C)n3cncn3)cc2)cc1. The van der Waals surface area contributed by atoms with Gasteiger partial charge in [-0.25, -0.2) is 9.67 Å². The van der Waals surface area contributed by atoms with Crippen molar-refractivity contribution in [2.75, 3.05) is 16.4 Å². The van der Waals surface area contributed by atoms with Gasteiger partial charge in [-0.1, -0.05) is 17.7 Å². The molecule has 2 N–H and O–H groups in total. The highest BCUT2D eigenvalue weighted by Gasteiger charge is 2.15. The van der Waals surface area contributed by atoms with E-state index in [0.29, 0.717) is 17.1 Å². The Bertz CT molecular complexity index is 924. The second kappa shape index (κ2) is 9.18. The van der Waals surface area contributed by atoms with E-state index < -0.39 is 6.04 Å². The number of benzene rings is 2. The third kappa shape index (κ3) is 5.43. The van der Waals surface area contributed by atoms with Gasteiger partial charge in [0.1, 0.15) is 18.7 Å². The van der Waals surface area contributed by atoms with Crippen molar-refractivity contribution < 1.29 is 9.59 Å². The summed E-state index contributed by atoms with van der Waals surface area (Å²) in [6, 6.07) is 14.6. The largest absolute Gasteiger partial charge is 0.325 e. The van der Waals surface area contributed by atoms with E-state index in [1.807, 2.05) is 31.2 Å². The van der Waals surface area contributed by atoms with Crippen LogP contribution in [0.2, 0.25) is 0 Å². The third-order valence-electron chi connectivity index (χ3n) is 4.04. The number of hydrogen-bond donors (Lipinski definition) is 2. The average Bonchev–Trinajstić information content (AvgIpc) is 3.23. The molecule has 2 aromatic carbocycles. The highest BCUT2D eigenvalue weighted by molar-refractivity contribution is 8.00. The number of aromatic nitrogens is 3. The Morgan fingerprint density at radius 3 is 2.29 bits per heavy atom. The first-order valence-electron chi connectivity index (χ1n) is 8.75. The molecule has 0 saturated carbocycles. The van der Waals surface area contributed by atoms with E-state index in [0.717, 1.165) is 4.90 Å². The number of nitrogens with one attached hydrogen (secondary N) is 2. The zero-order valence-corrected chi connectivity index (χ0v) is 16.4. The van der Waals surface area contributed by atoms with Gasteiger partial charge in [0, 0.05) is 16.3 Å². The monoisotopic (exact) mass is 395 g/mol. The highest BCUT2D eigenvalue weighted by atomic mass is 32.2. The zero-order valence-electron chi connectivity index (χ0n) is 15.6. The summed E-state index contributed by atoms with van der Waals surface area (Å²) in [5.41, 5.74) is 2.51. The van der Waals surface area contributed by atoms with Crippen molar-refractivity contribution in [3.63, 3.8) is 0 Å². The normalized spacial score (nSPS) is 11.6. The van der Waals surface area contributed by atoms with Crippen molar-refractivity contribution >= 4 is 35.0 Å². The minimum Gasteiger partial charge on any atom is -0.325 e. The van der Waals surface area contributed by atoms with Crippen LogP contribution in [0.5, 0.6) is 0 Å². The van der Waals surface area contributed by atoms with E-state index in [1.54, 1.807) is 31.2 Å². The van der Waals surface area contributed by atoms with E-state index in [9.17, 15) is 9.59 Å². The molecule has 8 heteroatoms. The topological polar surface area (TPSA) is 88.9 Å². The lowest BCUT2D eigenvalue weighted by molar-refractivity contribution is -0.119. The predicted octanol–water partition coefficient (Wildman–Crippen LogP) is 3.52. The van der Waals surface area contributed by atoms with Gasteiger partial charge in [-0.3, -0.25) is 9.59 Å². The average molecular weight is 395 g/mol. The molecule has 0 unspecified atom stereocenters. The van der Waals surface area contributed by atoms with Crippen LogP contribution in [0.3, 0.4) is 0 Å². The van der Waals surface area contributed by atoms with Crippen LogP contribution < -0.4 is 10.6 Å². The maximum absolute atomic E-state index is 12.2. The van der Waals surface area contributed by atoms with Gasteiger partial charge in [0.15, 0.2) is 0 Å². The van der Waals surface area contributed by atoms with Crippen LogP contribution in [-0.4, -0.2) is 32.3 Å². The van der Waals surface area contributed by atoms with Gasteiger partial charge in [0.25, 0.3) is 0 Å². The van der Waals surface area contributed by atoms with Crippen molar-refractivity contribution in [3.05, 3.63) is 66.7 Å². The summed E-state index contributed by atoms with van der Waals surface area (Å²) in [7, 11) is 0. The van der Waals surface area contributed by atoms with Crippen molar-refractivity contribution in [1.29, 1.82) is 0 Å². The molecule has 28 heavy (non-hydrogen) atoms. The molecular weight excluding hydrogens is 374 g/mol. The van der Waals surface area contributed by atoms with Gasteiger partial charge in [-0.05, 0) is 50.2 Å². The molecule has 1 aromatic heterocycles. The maximum Gasteiger partial charge on any atom is 0.249 e. The molecule has 0 fully saturated rings. The minimum absolute atomic E-state index is 0.0813. The Balaban J connectivity index is 1.49. The Morgan fingerprint density at radius 2 is 1.68 bits per heavy atom. The van der Waals surface area contributed by atoms with E-state index in [2.05, 4.69) is 20.7 Å². The fourth-order valence-corrected chi connectivity index (χ4v) is 3.10. The van der Waals surface area contributed by atoms with Crippen LogP contribution in [0.4, 0.5) is 11.4 Å². The van der Waals surface area contributed by atoms with Crippen molar-refractivity contribution in [1.82, 2.24) is 14.8 Å². The number of carbonyl (C=O) groups excluding carboxylic acids is 2. The van der Waals surface area contributed by atoms with Gasteiger partial charge in [0.2, 0.25) is 11.8 Å². The van der Waals surface area contributed by atoms with Gasteiger partial charge in [-0.2, -0.15) is 5.10 Å². The van der Waals surface area contributed by atoms with E-state index in [1.165, 1.54) is 34.7 Å². The Kier molecular flexibility index (Phi) is 6.44. The van der Waals surface area contributed by atoms with E-state index in [4.69, 9.17) is 0 Å². The fourth-order valence-electron chi connectivity index (χ4n) is 2.40. The van der Waals surface area contributed by atoms with Gasteiger partial charge < -0.3 is 10.6 Å².